The Morgan fingerprint density at radius 2 is 0.824 bits per heavy atom. The maximum Gasteiger partial charge on any atom is 0.460 e. The van der Waals surface area contributed by atoms with Crippen molar-refractivity contribution in [2.24, 2.45) is 0 Å². The van der Waals surface area contributed by atoms with Gasteiger partial charge in [-0.2, -0.15) is 0 Å². The number of para-hydroxylation sites is 2. The van der Waals surface area contributed by atoms with Gasteiger partial charge >= 0.3 is 8.60 Å². The third-order valence-corrected chi connectivity index (χ3v) is 7.17. The molecule has 4 heteroatoms. The molecule has 1 N–H and O–H groups in total. The van der Waals surface area contributed by atoms with E-state index in [0.29, 0.717) is 11.5 Å². The van der Waals surface area contributed by atoms with Gasteiger partial charge in [0.1, 0.15) is 11.5 Å². The van der Waals surface area contributed by atoms with Crippen LogP contribution in [0.15, 0.2) is 109 Å². The van der Waals surface area contributed by atoms with Gasteiger partial charge in [-0.05, 0) is 23.3 Å². The molecule has 0 atom stereocenters. The summed E-state index contributed by atoms with van der Waals surface area (Å²) in [5, 5.41) is 0. The molecule has 0 bridgehead atoms. The molecule has 3 nitrogen and oxygen atoms in total. The molecule has 0 heterocycles. The van der Waals surface area contributed by atoms with Gasteiger partial charge in [-0.3, -0.25) is 0 Å². The summed E-state index contributed by atoms with van der Waals surface area (Å²) < 4.78 is 12.1. The van der Waals surface area contributed by atoms with E-state index in [2.05, 4.69) is 52.0 Å². The van der Waals surface area contributed by atoms with Crippen LogP contribution in [0.3, 0.4) is 0 Å². The molecule has 34 heavy (non-hydrogen) atoms. The van der Waals surface area contributed by atoms with E-state index in [1.54, 1.807) is 0 Å². The molecule has 0 aromatic heterocycles. The van der Waals surface area contributed by atoms with Gasteiger partial charge in [0.25, 0.3) is 0 Å². The van der Waals surface area contributed by atoms with E-state index in [1.165, 1.54) is 11.1 Å². The lowest BCUT2D eigenvalue weighted by atomic mass is 9.78. The third-order valence-electron chi connectivity index (χ3n) is 6.46. The first-order valence-corrected chi connectivity index (χ1v) is 12.6. The molecular formula is C30H31O3P. The zero-order chi connectivity index (χ0) is 24.2. The van der Waals surface area contributed by atoms with Gasteiger partial charge in [-0.15, -0.1) is 0 Å². The fraction of sp³-hybridized carbons (Fsp3) is 0.200. The summed E-state index contributed by atoms with van der Waals surface area (Å²) >= 11 is 0. The quantitative estimate of drug-likeness (QED) is 0.265. The molecule has 0 radical (unpaired) electrons. The number of benzene rings is 4. The minimum absolute atomic E-state index is 0.304. The van der Waals surface area contributed by atoms with Crippen molar-refractivity contribution in [3.8, 4) is 11.5 Å². The summed E-state index contributed by atoms with van der Waals surface area (Å²) in [7, 11) is -2.20. The van der Waals surface area contributed by atoms with Crippen LogP contribution < -0.4 is 9.05 Å². The smallest absolute Gasteiger partial charge is 0.418 e. The molecule has 0 amide bonds. The van der Waals surface area contributed by atoms with Crippen molar-refractivity contribution >= 4 is 8.60 Å². The molecule has 0 saturated carbocycles. The van der Waals surface area contributed by atoms with E-state index in [-0.39, 0.29) is 10.8 Å². The molecular weight excluding hydrogens is 439 g/mol. The Bertz CT molecular complexity index is 1120. The lowest BCUT2D eigenvalue weighted by Crippen LogP contribution is -2.20. The van der Waals surface area contributed by atoms with Crippen LogP contribution in [0, 0.1) is 0 Å². The standard InChI is InChI=1S/C30H31O3P/c1-29(2,23-15-7-5-8-16-23)25-19-11-13-21-27(25)32-34(31)33-28-22-14-12-20-26(28)30(3,4)24-17-9-6-10-18-24/h5-22,31H,1-4H3. The van der Waals surface area contributed by atoms with Crippen LogP contribution in [-0.4, -0.2) is 4.89 Å². The van der Waals surface area contributed by atoms with Crippen molar-refractivity contribution in [2.75, 3.05) is 0 Å². The lowest BCUT2D eigenvalue weighted by Gasteiger charge is -2.30. The fourth-order valence-electron chi connectivity index (χ4n) is 4.33. The Morgan fingerprint density at radius 3 is 1.21 bits per heavy atom. The Hall–Kier alpha value is -3.13. The molecule has 4 rings (SSSR count). The highest BCUT2D eigenvalue weighted by atomic mass is 31.2. The summed E-state index contributed by atoms with van der Waals surface area (Å²) in [5.74, 6) is 1.23. The molecule has 174 valence electrons. The van der Waals surface area contributed by atoms with Gasteiger partial charge in [-0.1, -0.05) is 125 Å². The maximum atomic E-state index is 10.9. The van der Waals surface area contributed by atoms with Crippen LogP contribution in [0.25, 0.3) is 0 Å². The minimum atomic E-state index is -2.20. The van der Waals surface area contributed by atoms with Gasteiger partial charge < -0.3 is 13.9 Å². The van der Waals surface area contributed by atoms with Crippen LogP contribution in [0.2, 0.25) is 0 Å². The second-order valence-electron chi connectivity index (χ2n) is 9.39. The molecule has 0 saturated heterocycles. The Labute approximate surface area is 204 Å². The predicted octanol–water partition coefficient (Wildman–Crippen LogP) is 8.02. The largest absolute Gasteiger partial charge is 0.460 e. The molecule has 0 unspecified atom stereocenters. The van der Waals surface area contributed by atoms with Crippen molar-refractivity contribution < 1.29 is 13.9 Å². The van der Waals surface area contributed by atoms with Crippen LogP contribution in [0.5, 0.6) is 11.5 Å². The Balaban J connectivity index is 1.60. The highest BCUT2D eigenvalue weighted by Crippen LogP contribution is 2.46. The monoisotopic (exact) mass is 470 g/mol. The van der Waals surface area contributed by atoms with E-state index < -0.39 is 8.60 Å². The zero-order valence-corrected chi connectivity index (χ0v) is 21.0. The normalized spacial score (nSPS) is 11.9. The topological polar surface area (TPSA) is 38.7 Å². The van der Waals surface area contributed by atoms with Crippen LogP contribution >= 0.6 is 8.60 Å². The SMILES string of the molecule is CC(C)(c1ccccc1)c1ccccc1OP(O)Oc1ccccc1C(C)(C)c1ccccc1. The van der Waals surface area contributed by atoms with Gasteiger partial charge in [0, 0.05) is 22.0 Å². The summed E-state index contributed by atoms with van der Waals surface area (Å²) in [6.45, 7) is 8.62. The summed E-state index contributed by atoms with van der Waals surface area (Å²) in [6.07, 6.45) is 0. The summed E-state index contributed by atoms with van der Waals surface area (Å²) in [5.41, 5.74) is 3.71. The van der Waals surface area contributed by atoms with E-state index in [4.69, 9.17) is 9.05 Å². The molecule has 0 aliphatic heterocycles. The molecule has 0 aliphatic rings. The van der Waals surface area contributed by atoms with Crippen LogP contribution in [0.4, 0.5) is 0 Å². The fourth-order valence-corrected chi connectivity index (χ4v) is 5.02. The van der Waals surface area contributed by atoms with Crippen LogP contribution in [-0.2, 0) is 10.8 Å². The number of hydrogen-bond acceptors (Lipinski definition) is 3. The van der Waals surface area contributed by atoms with Gasteiger partial charge in [0.2, 0.25) is 0 Å². The predicted molar refractivity (Wildman–Crippen MR) is 140 cm³/mol. The highest BCUT2D eigenvalue weighted by Gasteiger charge is 2.30. The maximum absolute atomic E-state index is 10.9. The second kappa shape index (κ2) is 10.0. The average molecular weight is 471 g/mol. The molecule has 0 spiro atoms. The minimum Gasteiger partial charge on any atom is -0.418 e. The van der Waals surface area contributed by atoms with E-state index >= 15 is 0 Å². The number of rotatable bonds is 8. The van der Waals surface area contributed by atoms with Crippen LogP contribution in [0.1, 0.15) is 49.9 Å². The second-order valence-corrected chi connectivity index (χ2v) is 10.2. The number of hydrogen-bond donors (Lipinski definition) is 1. The first-order valence-electron chi connectivity index (χ1n) is 11.4. The van der Waals surface area contributed by atoms with Crippen molar-refractivity contribution in [3.63, 3.8) is 0 Å². The van der Waals surface area contributed by atoms with E-state index in [9.17, 15) is 4.89 Å². The molecule has 4 aromatic carbocycles. The van der Waals surface area contributed by atoms with E-state index in [1.807, 2.05) is 84.9 Å². The third kappa shape index (κ3) is 5.01. The first kappa shape index (κ1) is 24.0. The summed E-state index contributed by atoms with van der Waals surface area (Å²) in [4.78, 5) is 10.9. The van der Waals surface area contributed by atoms with Gasteiger partial charge in [0.15, 0.2) is 0 Å². The molecule has 0 aliphatic carbocycles. The van der Waals surface area contributed by atoms with Crippen molar-refractivity contribution in [1.82, 2.24) is 0 Å². The summed E-state index contributed by atoms with van der Waals surface area (Å²) in [6, 6.07) is 36.3. The molecule has 4 aromatic rings. The molecule has 0 fully saturated rings. The van der Waals surface area contributed by atoms with E-state index in [0.717, 1.165) is 11.1 Å². The Kier molecular flexibility index (Phi) is 7.07. The highest BCUT2D eigenvalue weighted by molar-refractivity contribution is 7.41. The van der Waals surface area contributed by atoms with Crippen molar-refractivity contribution in [2.45, 2.75) is 38.5 Å². The van der Waals surface area contributed by atoms with Gasteiger partial charge in [-0.25, -0.2) is 0 Å². The zero-order valence-electron chi connectivity index (χ0n) is 20.1. The van der Waals surface area contributed by atoms with Gasteiger partial charge in [0.05, 0.1) is 0 Å². The average Bonchev–Trinajstić information content (AvgIpc) is 2.85. The first-order chi connectivity index (χ1) is 16.3. The van der Waals surface area contributed by atoms with Crippen molar-refractivity contribution in [1.29, 1.82) is 0 Å². The Morgan fingerprint density at radius 1 is 0.500 bits per heavy atom. The van der Waals surface area contributed by atoms with Crippen molar-refractivity contribution in [3.05, 3.63) is 131 Å². The lowest BCUT2D eigenvalue weighted by molar-refractivity contribution is 0.373.